The van der Waals surface area contributed by atoms with E-state index in [2.05, 4.69) is 26.6 Å². The van der Waals surface area contributed by atoms with Crippen LogP contribution in [0.1, 0.15) is 55.5 Å². The van der Waals surface area contributed by atoms with Gasteiger partial charge in [-0.1, -0.05) is 42.8 Å². The largest absolute Gasteiger partial charge is 0.493 e. The minimum absolute atomic E-state index is 0.00694. The highest BCUT2D eigenvalue weighted by molar-refractivity contribution is 5.99. The van der Waals surface area contributed by atoms with E-state index in [1.165, 1.54) is 33.0 Å². The number of nitrogens with zero attached hydrogens (tertiary/aromatic N) is 1. The Labute approximate surface area is 296 Å². The van der Waals surface area contributed by atoms with E-state index in [4.69, 9.17) is 9.47 Å². The molecule has 0 radical (unpaired) electrons. The van der Waals surface area contributed by atoms with Gasteiger partial charge in [0, 0.05) is 25.0 Å². The Morgan fingerprint density at radius 2 is 1.65 bits per heavy atom. The standard InChI is InChI=1S/C36H46N6O9/c1-19-31(44)39-25-14-8-12-23(25)32(45)41-29(20(2)43)35(48)40-26(16-21-10-6-5-7-11-21)36(49)42-18-22(17-27(42)34(47)37-19)38-33(46)24-13-9-15-28(50-3)30(24)51-4/h5-7,9-11,13,15,19-20,22-23,25-27,29,43H,8,12,14,16-18H2,1-4H3,(H,37,47)(H,38,46)(H,39,44)(H,40,48)(H,41,45)/t19-,20+,22+,23+,25+,26-,27-,29-/m0/s1. The average molecular weight is 707 g/mol. The van der Waals surface area contributed by atoms with E-state index in [1.807, 2.05) is 0 Å². The van der Waals surface area contributed by atoms with Crippen LogP contribution < -0.4 is 36.1 Å². The van der Waals surface area contributed by atoms with Crippen molar-refractivity contribution in [3.8, 4) is 11.5 Å². The third-order valence-electron chi connectivity index (χ3n) is 9.76. The van der Waals surface area contributed by atoms with Crippen LogP contribution in [0.15, 0.2) is 48.5 Å². The number of hydrogen-bond acceptors (Lipinski definition) is 9. The molecule has 2 heterocycles. The molecule has 3 fully saturated rings. The lowest BCUT2D eigenvalue weighted by molar-refractivity contribution is -0.143. The van der Waals surface area contributed by atoms with Crippen molar-refractivity contribution in [2.75, 3.05) is 20.8 Å². The van der Waals surface area contributed by atoms with Crippen LogP contribution in [-0.4, -0.2) is 109 Å². The van der Waals surface area contributed by atoms with Crippen LogP contribution in [0.3, 0.4) is 0 Å². The van der Waals surface area contributed by atoms with Gasteiger partial charge in [-0.3, -0.25) is 28.8 Å². The van der Waals surface area contributed by atoms with Gasteiger partial charge in [0.15, 0.2) is 11.5 Å². The Kier molecular flexibility index (Phi) is 11.8. The number of hydrogen-bond donors (Lipinski definition) is 6. The van der Waals surface area contributed by atoms with Crippen molar-refractivity contribution in [3.63, 3.8) is 0 Å². The molecule has 5 rings (SSSR count). The van der Waals surface area contributed by atoms with Gasteiger partial charge in [-0.15, -0.1) is 0 Å². The van der Waals surface area contributed by atoms with Gasteiger partial charge in [0.25, 0.3) is 5.91 Å². The number of fused-ring (bicyclic) bond motifs is 2. The molecule has 6 amide bonds. The van der Waals surface area contributed by atoms with Crippen LogP contribution in [0.4, 0.5) is 0 Å². The average Bonchev–Trinajstić information content (AvgIpc) is 3.76. The lowest BCUT2D eigenvalue weighted by atomic mass is 10.00. The Hall–Kier alpha value is -5.18. The maximum atomic E-state index is 14.5. The first-order chi connectivity index (χ1) is 24.4. The van der Waals surface area contributed by atoms with E-state index in [1.54, 1.807) is 48.5 Å². The lowest BCUT2D eigenvalue weighted by Crippen LogP contribution is -2.61. The van der Waals surface area contributed by atoms with Crippen molar-refractivity contribution in [1.29, 1.82) is 0 Å². The van der Waals surface area contributed by atoms with Crippen molar-refractivity contribution in [3.05, 3.63) is 59.7 Å². The van der Waals surface area contributed by atoms with Crippen molar-refractivity contribution >= 4 is 35.4 Å². The topological polar surface area (TPSA) is 204 Å². The fourth-order valence-electron chi connectivity index (χ4n) is 7.07. The monoisotopic (exact) mass is 706 g/mol. The molecule has 15 heteroatoms. The van der Waals surface area contributed by atoms with Gasteiger partial charge in [0.2, 0.25) is 29.5 Å². The van der Waals surface area contributed by atoms with Gasteiger partial charge >= 0.3 is 0 Å². The number of carbonyl (C=O) groups is 6. The summed E-state index contributed by atoms with van der Waals surface area (Å²) in [7, 11) is 2.86. The summed E-state index contributed by atoms with van der Waals surface area (Å²) in [5.74, 6) is -3.70. The van der Waals surface area contributed by atoms with E-state index in [0.29, 0.717) is 30.6 Å². The molecule has 15 nitrogen and oxygen atoms in total. The van der Waals surface area contributed by atoms with Gasteiger partial charge < -0.3 is 46.1 Å². The number of rotatable bonds is 7. The first-order valence-corrected chi connectivity index (χ1v) is 17.2. The summed E-state index contributed by atoms with van der Waals surface area (Å²) >= 11 is 0. The van der Waals surface area contributed by atoms with E-state index in [9.17, 15) is 33.9 Å². The Bertz CT molecular complexity index is 1640. The summed E-state index contributed by atoms with van der Waals surface area (Å²) in [6.07, 6.45) is 0.319. The molecule has 2 aromatic rings. The van der Waals surface area contributed by atoms with Gasteiger partial charge in [-0.05, 0) is 50.8 Å². The third kappa shape index (κ3) is 8.42. The summed E-state index contributed by atoms with van der Waals surface area (Å²) in [4.78, 5) is 83.7. The van der Waals surface area contributed by atoms with Crippen LogP contribution in [0.25, 0.3) is 0 Å². The Morgan fingerprint density at radius 3 is 2.33 bits per heavy atom. The molecular weight excluding hydrogens is 660 g/mol. The number of benzene rings is 2. The molecule has 0 aromatic heterocycles. The number of nitrogens with one attached hydrogen (secondary N) is 5. The highest BCUT2D eigenvalue weighted by Gasteiger charge is 2.45. The molecular formula is C36H46N6O9. The minimum atomic E-state index is -1.41. The van der Waals surface area contributed by atoms with Gasteiger partial charge in [-0.2, -0.15) is 0 Å². The van der Waals surface area contributed by atoms with Crippen LogP contribution >= 0.6 is 0 Å². The Balaban J connectivity index is 1.49. The quantitative estimate of drug-likeness (QED) is 0.225. The summed E-state index contributed by atoms with van der Waals surface area (Å²) in [5, 5.41) is 24.5. The number of aliphatic hydroxyl groups is 1. The van der Waals surface area contributed by atoms with Gasteiger partial charge in [0.05, 0.1) is 31.8 Å². The summed E-state index contributed by atoms with van der Waals surface area (Å²) in [6, 6.07) is 7.73. The second-order valence-electron chi connectivity index (χ2n) is 13.3. The van der Waals surface area contributed by atoms with Crippen molar-refractivity contribution in [2.24, 2.45) is 5.92 Å². The van der Waals surface area contributed by atoms with E-state index in [0.717, 1.165) is 0 Å². The number of amides is 6. The fraction of sp³-hybridized carbons (Fsp3) is 0.500. The molecule has 2 aliphatic heterocycles. The van der Waals surface area contributed by atoms with Crippen molar-refractivity contribution < 1.29 is 43.3 Å². The maximum Gasteiger partial charge on any atom is 0.255 e. The molecule has 6 N–H and O–H groups in total. The SMILES string of the molecule is COc1cccc(C(=O)N[C@@H]2C[C@H]3C(=O)N[C@@H](C)C(=O)N[C@@H]4CCC[C@H]4C(=O)N[C@@H]([C@@H](C)O)C(=O)N[C@@H](Cc4ccccc4)C(=O)N3C2)c1OC. The van der Waals surface area contributed by atoms with Crippen LogP contribution in [0.5, 0.6) is 11.5 Å². The Morgan fingerprint density at radius 1 is 0.902 bits per heavy atom. The first-order valence-electron chi connectivity index (χ1n) is 17.2. The predicted molar refractivity (Wildman–Crippen MR) is 183 cm³/mol. The van der Waals surface area contributed by atoms with E-state index < -0.39 is 83.7 Å². The molecule has 51 heavy (non-hydrogen) atoms. The molecule has 0 bridgehead atoms. The van der Waals surface area contributed by atoms with Crippen molar-refractivity contribution in [1.82, 2.24) is 31.5 Å². The van der Waals surface area contributed by atoms with Gasteiger partial charge in [-0.25, -0.2) is 0 Å². The predicted octanol–water partition coefficient (Wildman–Crippen LogP) is -0.201. The fourth-order valence-corrected chi connectivity index (χ4v) is 7.07. The molecule has 1 aliphatic carbocycles. The molecule has 2 saturated heterocycles. The summed E-state index contributed by atoms with van der Waals surface area (Å²) < 4.78 is 10.8. The molecule has 8 atom stereocenters. The lowest BCUT2D eigenvalue weighted by Gasteiger charge is -2.32. The number of methoxy groups -OCH3 is 2. The van der Waals surface area contributed by atoms with Crippen LogP contribution in [0.2, 0.25) is 0 Å². The van der Waals surface area contributed by atoms with Crippen LogP contribution in [0, 0.1) is 5.92 Å². The normalized spacial score (nSPS) is 28.0. The third-order valence-corrected chi connectivity index (χ3v) is 9.76. The summed E-state index contributed by atoms with van der Waals surface area (Å²) in [6.45, 7) is 2.77. The molecule has 274 valence electrons. The van der Waals surface area contributed by atoms with Gasteiger partial charge in [0.1, 0.15) is 24.2 Å². The van der Waals surface area contributed by atoms with E-state index in [-0.39, 0.29) is 30.7 Å². The molecule has 2 aromatic carbocycles. The minimum Gasteiger partial charge on any atom is -0.493 e. The number of aliphatic hydroxyl groups excluding tert-OH is 1. The molecule has 3 aliphatic rings. The number of para-hydroxylation sites is 1. The van der Waals surface area contributed by atoms with Crippen molar-refractivity contribution in [2.45, 2.75) is 88.3 Å². The number of carbonyl (C=O) groups excluding carboxylic acids is 6. The second kappa shape index (κ2) is 16.2. The maximum absolute atomic E-state index is 14.5. The molecule has 0 unspecified atom stereocenters. The highest BCUT2D eigenvalue weighted by atomic mass is 16.5. The smallest absolute Gasteiger partial charge is 0.255 e. The zero-order chi connectivity index (χ0) is 36.8. The second-order valence-corrected chi connectivity index (χ2v) is 13.3. The molecule has 1 saturated carbocycles. The summed E-state index contributed by atoms with van der Waals surface area (Å²) in [5.41, 5.74) is 0.890. The molecule has 0 spiro atoms. The highest BCUT2D eigenvalue weighted by Crippen LogP contribution is 2.31. The first kappa shape index (κ1) is 37.1. The van der Waals surface area contributed by atoms with Crippen LogP contribution in [-0.2, 0) is 30.4 Å². The zero-order valence-corrected chi connectivity index (χ0v) is 29.1. The number of ether oxygens (including phenoxy) is 2. The zero-order valence-electron chi connectivity index (χ0n) is 29.1. The van der Waals surface area contributed by atoms with E-state index >= 15 is 0 Å².